The molecule has 2 aromatic carbocycles. The Kier molecular flexibility index (Phi) is 5.39. The fraction of sp³-hybridized carbons (Fsp3) is 0.300. The van der Waals surface area contributed by atoms with Crippen molar-refractivity contribution in [1.29, 1.82) is 0 Å². The molecule has 1 N–H and O–H groups in total. The summed E-state index contributed by atoms with van der Waals surface area (Å²) in [5.41, 5.74) is 5.79. The quantitative estimate of drug-likeness (QED) is 0.927. The van der Waals surface area contributed by atoms with E-state index in [1.807, 2.05) is 64.1 Å². The highest BCUT2D eigenvalue weighted by Gasteiger charge is 2.16. The predicted molar refractivity (Wildman–Crippen MR) is 98.5 cm³/mol. The molecule has 4 heteroatoms. The number of rotatable bonds is 4. The Morgan fingerprint density at radius 2 is 1.29 bits per heavy atom. The molecular formula is C20H24N2O2. The maximum absolute atomic E-state index is 12.4. The molecule has 0 saturated heterocycles. The van der Waals surface area contributed by atoms with Gasteiger partial charge in [0.1, 0.15) is 6.54 Å². The first kappa shape index (κ1) is 17.7. The smallest absolute Gasteiger partial charge is 0.244 e. The Morgan fingerprint density at radius 1 is 0.833 bits per heavy atom. The molecule has 0 unspecified atom stereocenters. The summed E-state index contributed by atoms with van der Waals surface area (Å²) >= 11 is 0. The number of anilines is 2. The molecule has 0 saturated carbocycles. The first-order valence-electron chi connectivity index (χ1n) is 7.99. The summed E-state index contributed by atoms with van der Waals surface area (Å²) in [6.07, 6.45) is 0. The largest absolute Gasteiger partial charge is 0.325 e. The van der Waals surface area contributed by atoms with E-state index in [2.05, 4.69) is 5.32 Å². The predicted octanol–water partition coefficient (Wildman–Crippen LogP) is 3.91. The maximum atomic E-state index is 12.4. The lowest BCUT2D eigenvalue weighted by Gasteiger charge is -2.22. The average molecular weight is 324 g/mol. The van der Waals surface area contributed by atoms with Crippen molar-refractivity contribution in [1.82, 2.24) is 0 Å². The minimum absolute atomic E-state index is 0.00871. The van der Waals surface area contributed by atoms with Gasteiger partial charge in [0, 0.05) is 18.3 Å². The highest BCUT2D eigenvalue weighted by Crippen LogP contribution is 2.19. The third-order valence-corrected chi connectivity index (χ3v) is 3.71. The third kappa shape index (κ3) is 4.69. The van der Waals surface area contributed by atoms with Gasteiger partial charge < -0.3 is 10.2 Å². The molecule has 0 heterocycles. The molecule has 0 aromatic heterocycles. The van der Waals surface area contributed by atoms with Crippen LogP contribution in [0, 0.1) is 27.7 Å². The second-order valence-corrected chi connectivity index (χ2v) is 6.38. The van der Waals surface area contributed by atoms with Crippen LogP contribution < -0.4 is 10.2 Å². The van der Waals surface area contributed by atoms with Crippen LogP contribution in [0.25, 0.3) is 0 Å². The van der Waals surface area contributed by atoms with Crippen LogP contribution >= 0.6 is 0 Å². The van der Waals surface area contributed by atoms with Crippen molar-refractivity contribution in [3.8, 4) is 0 Å². The Bertz CT molecular complexity index is 741. The van der Waals surface area contributed by atoms with Gasteiger partial charge in [-0.2, -0.15) is 0 Å². The van der Waals surface area contributed by atoms with Crippen LogP contribution in [0.1, 0.15) is 29.2 Å². The van der Waals surface area contributed by atoms with E-state index in [1.165, 1.54) is 11.8 Å². The molecule has 4 nitrogen and oxygen atoms in total. The highest BCUT2D eigenvalue weighted by atomic mass is 16.2. The van der Waals surface area contributed by atoms with Crippen molar-refractivity contribution < 1.29 is 9.59 Å². The number of nitrogens with one attached hydrogen (secondary N) is 1. The SMILES string of the molecule is CC(=O)N(CC(=O)Nc1cc(C)cc(C)c1)c1cc(C)cc(C)c1. The van der Waals surface area contributed by atoms with E-state index >= 15 is 0 Å². The molecule has 0 aliphatic rings. The lowest BCUT2D eigenvalue weighted by atomic mass is 10.1. The van der Waals surface area contributed by atoms with Crippen molar-refractivity contribution in [3.63, 3.8) is 0 Å². The topological polar surface area (TPSA) is 49.4 Å². The van der Waals surface area contributed by atoms with Crippen molar-refractivity contribution in [2.45, 2.75) is 34.6 Å². The number of aryl methyl sites for hydroxylation is 4. The molecule has 0 fully saturated rings. The Hall–Kier alpha value is -2.62. The molecule has 0 spiro atoms. The first-order valence-corrected chi connectivity index (χ1v) is 7.99. The third-order valence-electron chi connectivity index (χ3n) is 3.71. The zero-order valence-electron chi connectivity index (χ0n) is 14.9. The number of carbonyl (C=O) groups excluding carboxylic acids is 2. The van der Waals surface area contributed by atoms with Crippen LogP contribution in [0.2, 0.25) is 0 Å². The number of hydrogen-bond donors (Lipinski definition) is 1. The Labute approximate surface area is 143 Å². The van der Waals surface area contributed by atoms with Crippen LogP contribution in [-0.2, 0) is 9.59 Å². The number of carbonyl (C=O) groups is 2. The normalized spacial score (nSPS) is 10.4. The second-order valence-electron chi connectivity index (χ2n) is 6.38. The average Bonchev–Trinajstić information content (AvgIpc) is 2.42. The number of hydrogen-bond acceptors (Lipinski definition) is 2. The first-order chi connectivity index (χ1) is 11.2. The van der Waals surface area contributed by atoms with Gasteiger partial charge in [0.2, 0.25) is 11.8 Å². The lowest BCUT2D eigenvalue weighted by Crippen LogP contribution is -2.36. The van der Waals surface area contributed by atoms with Crippen LogP contribution in [-0.4, -0.2) is 18.4 Å². The fourth-order valence-electron chi connectivity index (χ4n) is 2.88. The maximum Gasteiger partial charge on any atom is 0.244 e. The monoisotopic (exact) mass is 324 g/mol. The molecule has 2 amide bonds. The molecule has 2 rings (SSSR count). The van der Waals surface area contributed by atoms with Gasteiger partial charge in [-0.3, -0.25) is 9.59 Å². The molecular weight excluding hydrogens is 300 g/mol. The highest BCUT2D eigenvalue weighted by molar-refractivity contribution is 6.01. The molecule has 24 heavy (non-hydrogen) atoms. The summed E-state index contributed by atoms with van der Waals surface area (Å²) in [4.78, 5) is 25.9. The molecule has 0 aliphatic heterocycles. The van der Waals surface area contributed by atoms with E-state index < -0.39 is 0 Å². The van der Waals surface area contributed by atoms with E-state index in [0.29, 0.717) is 0 Å². The van der Waals surface area contributed by atoms with Gasteiger partial charge in [-0.25, -0.2) is 0 Å². The summed E-state index contributed by atoms with van der Waals surface area (Å²) in [7, 11) is 0. The number of amides is 2. The molecule has 0 bridgehead atoms. The number of nitrogens with zero attached hydrogens (tertiary/aromatic N) is 1. The number of benzene rings is 2. The Morgan fingerprint density at radius 3 is 1.75 bits per heavy atom. The van der Waals surface area contributed by atoms with Gasteiger partial charge in [0.25, 0.3) is 0 Å². The molecule has 0 atom stereocenters. The van der Waals surface area contributed by atoms with Gasteiger partial charge in [0.05, 0.1) is 0 Å². The van der Waals surface area contributed by atoms with E-state index in [9.17, 15) is 9.59 Å². The lowest BCUT2D eigenvalue weighted by molar-refractivity contribution is -0.120. The second kappa shape index (κ2) is 7.30. The standard InChI is InChI=1S/C20H24N2O2/c1-13-6-14(2)9-18(8-13)21-20(24)12-22(17(5)23)19-10-15(3)7-16(4)11-19/h6-11H,12H2,1-5H3,(H,21,24). The van der Waals surface area contributed by atoms with Crippen LogP contribution in [0.15, 0.2) is 36.4 Å². The van der Waals surface area contributed by atoms with Gasteiger partial charge in [-0.15, -0.1) is 0 Å². The zero-order valence-corrected chi connectivity index (χ0v) is 14.9. The van der Waals surface area contributed by atoms with E-state index in [0.717, 1.165) is 33.6 Å². The van der Waals surface area contributed by atoms with E-state index in [-0.39, 0.29) is 18.4 Å². The minimum Gasteiger partial charge on any atom is -0.325 e. The van der Waals surface area contributed by atoms with E-state index in [4.69, 9.17) is 0 Å². The summed E-state index contributed by atoms with van der Waals surface area (Å²) < 4.78 is 0. The van der Waals surface area contributed by atoms with Crippen molar-refractivity contribution in [3.05, 3.63) is 58.7 Å². The minimum atomic E-state index is -0.214. The van der Waals surface area contributed by atoms with Crippen LogP contribution in [0.4, 0.5) is 11.4 Å². The summed E-state index contributed by atoms with van der Waals surface area (Å²) in [6.45, 7) is 9.39. The van der Waals surface area contributed by atoms with Gasteiger partial charge in [0.15, 0.2) is 0 Å². The molecule has 0 radical (unpaired) electrons. The van der Waals surface area contributed by atoms with Gasteiger partial charge in [-0.1, -0.05) is 12.1 Å². The molecule has 126 valence electrons. The van der Waals surface area contributed by atoms with Gasteiger partial charge in [-0.05, 0) is 74.2 Å². The van der Waals surface area contributed by atoms with E-state index in [1.54, 1.807) is 0 Å². The zero-order chi connectivity index (χ0) is 17.9. The fourth-order valence-corrected chi connectivity index (χ4v) is 2.88. The Balaban J connectivity index is 2.18. The summed E-state index contributed by atoms with van der Waals surface area (Å²) in [5.74, 6) is -0.370. The molecule has 0 aliphatic carbocycles. The van der Waals surface area contributed by atoms with Crippen molar-refractivity contribution in [2.24, 2.45) is 0 Å². The van der Waals surface area contributed by atoms with Gasteiger partial charge >= 0.3 is 0 Å². The summed E-state index contributed by atoms with van der Waals surface area (Å²) in [6, 6.07) is 11.8. The van der Waals surface area contributed by atoms with Crippen LogP contribution in [0.3, 0.4) is 0 Å². The van der Waals surface area contributed by atoms with Crippen molar-refractivity contribution >= 4 is 23.2 Å². The molecule has 2 aromatic rings. The summed E-state index contributed by atoms with van der Waals surface area (Å²) in [5, 5.41) is 2.88. The van der Waals surface area contributed by atoms with Crippen LogP contribution in [0.5, 0.6) is 0 Å². The van der Waals surface area contributed by atoms with Crippen molar-refractivity contribution in [2.75, 3.05) is 16.8 Å².